The largest absolute Gasteiger partial charge is 0.497 e. The standard InChI is InChI=1S/C29H28Cl2N2O4/c1-3-22(17-4-6-19(7-5-17)29(36)32-13-12-26(34)35)27(18-8-10-21(37-2)11-9-18)24-16-33-28-23(24)14-20(30)15-25(28)31/h4-11,14-16,22,27,33H,3,12-13H2,1-2H3,(H,32,36)(H,34,35). The highest BCUT2D eigenvalue weighted by atomic mass is 35.5. The summed E-state index contributed by atoms with van der Waals surface area (Å²) in [7, 11) is 1.64. The number of rotatable bonds is 10. The molecule has 1 heterocycles. The molecule has 0 fully saturated rings. The molecule has 0 saturated heterocycles. The van der Waals surface area contributed by atoms with Crippen LogP contribution in [0.2, 0.25) is 10.0 Å². The van der Waals surface area contributed by atoms with Crippen LogP contribution in [0.3, 0.4) is 0 Å². The maximum Gasteiger partial charge on any atom is 0.305 e. The van der Waals surface area contributed by atoms with E-state index in [1.807, 2.05) is 36.5 Å². The molecule has 0 aliphatic carbocycles. The lowest BCUT2D eigenvalue weighted by molar-refractivity contribution is -0.136. The summed E-state index contributed by atoms with van der Waals surface area (Å²) in [6, 6.07) is 19.2. The molecule has 8 heteroatoms. The van der Waals surface area contributed by atoms with Gasteiger partial charge in [-0.2, -0.15) is 0 Å². The minimum atomic E-state index is -0.953. The van der Waals surface area contributed by atoms with Gasteiger partial charge in [0.1, 0.15) is 5.75 Å². The van der Waals surface area contributed by atoms with Gasteiger partial charge in [-0.1, -0.05) is 54.4 Å². The number of ether oxygens (including phenoxy) is 1. The maximum atomic E-state index is 12.4. The number of fused-ring (bicyclic) bond motifs is 1. The summed E-state index contributed by atoms with van der Waals surface area (Å²) in [5, 5.41) is 13.5. The van der Waals surface area contributed by atoms with Crippen LogP contribution in [0, 0.1) is 0 Å². The Morgan fingerprint density at radius 2 is 1.70 bits per heavy atom. The summed E-state index contributed by atoms with van der Waals surface area (Å²) in [6.07, 6.45) is 2.71. The second-order valence-corrected chi connectivity index (χ2v) is 9.69. The van der Waals surface area contributed by atoms with Gasteiger partial charge in [0.25, 0.3) is 5.91 Å². The lowest BCUT2D eigenvalue weighted by Crippen LogP contribution is -2.26. The molecule has 2 atom stereocenters. The molecule has 0 radical (unpaired) electrons. The minimum absolute atomic E-state index is 0.0329. The lowest BCUT2D eigenvalue weighted by Gasteiger charge is -2.28. The zero-order valence-electron chi connectivity index (χ0n) is 20.6. The van der Waals surface area contributed by atoms with E-state index in [-0.39, 0.29) is 30.7 Å². The number of carbonyl (C=O) groups excluding carboxylic acids is 1. The summed E-state index contributed by atoms with van der Waals surface area (Å²) in [5.74, 6) is -0.429. The molecule has 6 nitrogen and oxygen atoms in total. The van der Waals surface area contributed by atoms with Gasteiger partial charge in [0.15, 0.2) is 0 Å². The van der Waals surface area contributed by atoms with Crippen LogP contribution in [-0.4, -0.2) is 35.6 Å². The fourth-order valence-corrected chi connectivity index (χ4v) is 5.35. The van der Waals surface area contributed by atoms with Crippen LogP contribution in [0.5, 0.6) is 5.75 Å². The molecule has 37 heavy (non-hydrogen) atoms. The number of aromatic nitrogens is 1. The van der Waals surface area contributed by atoms with Gasteiger partial charge in [-0.3, -0.25) is 9.59 Å². The average Bonchev–Trinajstić information content (AvgIpc) is 3.31. The van der Waals surface area contributed by atoms with Crippen LogP contribution in [0.1, 0.15) is 58.6 Å². The first-order valence-corrected chi connectivity index (χ1v) is 12.8. The van der Waals surface area contributed by atoms with Crippen LogP contribution in [-0.2, 0) is 4.79 Å². The topological polar surface area (TPSA) is 91.4 Å². The van der Waals surface area contributed by atoms with Gasteiger partial charge < -0.3 is 20.1 Å². The van der Waals surface area contributed by atoms with Crippen molar-refractivity contribution in [3.8, 4) is 5.75 Å². The zero-order valence-corrected chi connectivity index (χ0v) is 22.1. The first-order valence-electron chi connectivity index (χ1n) is 12.0. The van der Waals surface area contributed by atoms with Crippen LogP contribution in [0.15, 0.2) is 66.9 Å². The average molecular weight is 539 g/mol. The summed E-state index contributed by atoms with van der Waals surface area (Å²) < 4.78 is 5.38. The predicted molar refractivity (Wildman–Crippen MR) is 147 cm³/mol. The lowest BCUT2D eigenvalue weighted by atomic mass is 9.75. The highest BCUT2D eigenvalue weighted by molar-refractivity contribution is 6.38. The Hall–Kier alpha value is -3.48. The van der Waals surface area contributed by atoms with E-state index in [1.54, 1.807) is 25.3 Å². The number of benzene rings is 3. The van der Waals surface area contributed by atoms with Crippen molar-refractivity contribution in [1.82, 2.24) is 10.3 Å². The van der Waals surface area contributed by atoms with Crippen molar-refractivity contribution >= 4 is 46.0 Å². The fourth-order valence-electron chi connectivity index (χ4n) is 4.80. The highest BCUT2D eigenvalue weighted by Crippen LogP contribution is 2.44. The molecule has 0 aliphatic heterocycles. The second kappa shape index (κ2) is 11.7. The minimum Gasteiger partial charge on any atom is -0.497 e. The Kier molecular flexibility index (Phi) is 8.41. The van der Waals surface area contributed by atoms with E-state index in [2.05, 4.69) is 29.4 Å². The molecular weight excluding hydrogens is 511 g/mol. The number of aliphatic carboxylic acids is 1. The molecule has 4 rings (SSSR count). The number of hydrogen-bond donors (Lipinski definition) is 3. The molecule has 1 aromatic heterocycles. The Bertz CT molecular complexity index is 1400. The molecule has 0 bridgehead atoms. The van der Waals surface area contributed by atoms with Gasteiger partial charge in [0.2, 0.25) is 0 Å². The van der Waals surface area contributed by atoms with Crippen molar-refractivity contribution in [2.45, 2.75) is 31.6 Å². The Balaban J connectivity index is 1.74. The number of amides is 1. The normalized spacial score (nSPS) is 12.8. The monoisotopic (exact) mass is 538 g/mol. The smallest absolute Gasteiger partial charge is 0.305 e. The van der Waals surface area contributed by atoms with Crippen molar-refractivity contribution in [2.75, 3.05) is 13.7 Å². The van der Waals surface area contributed by atoms with Gasteiger partial charge in [-0.25, -0.2) is 0 Å². The van der Waals surface area contributed by atoms with Crippen molar-refractivity contribution < 1.29 is 19.4 Å². The first-order chi connectivity index (χ1) is 17.8. The molecule has 0 aliphatic rings. The van der Waals surface area contributed by atoms with Crippen molar-refractivity contribution in [1.29, 1.82) is 0 Å². The quantitative estimate of drug-likeness (QED) is 0.202. The van der Waals surface area contributed by atoms with Crippen molar-refractivity contribution in [3.05, 3.63) is 99.2 Å². The number of hydrogen-bond acceptors (Lipinski definition) is 3. The van der Waals surface area contributed by atoms with Gasteiger partial charge in [-0.05, 0) is 65.4 Å². The van der Waals surface area contributed by atoms with E-state index in [1.165, 1.54) is 0 Å². The molecule has 3 aromatic carbocycles. The summed E-state index contributed by atoms with van der Waals surface area (Å²) in [4.78, 5) is 26.5. The van der Waals surface area contributed by atoms with Crippen LogP contribution < -0.4 is 10.1 Å². The highest BCUT2D eigenvalue weighted by Gasteiger charge is 2.28. The van der Waals surface area contributed by atoms with E-state index in [4.69, 9.17) is 33.0 Å². The maximum absolute atomic E-state index is 12.4. The third-order valence-corrected chi connectivity index (χ3v) is 7.13. The van der Waals surface area contributed by atoms with Crippen LogP contribution in [0.4, 0.5) is 0 Å². The van der Waals surface area contributed by atoms with E-state index in [9.17, 15) is 9.59 Å². The Morgan fingerprint density at radius 1 is 1.03 bits per heavy atom. The number of carboxylic acid groups (broad SMARTS) is 1. The SMILES string of the molecule is CCC(c1ccc(C(=O)NCCC(=O)O)cc1)C(c1ccc(OC)cc1)c1c[nH]c2c(Cl)cc(Cl)cc12. The summed E-state index contributed by atoms with van der Waals surface area (Å²) >= 11 is 12.9. The second-order valence-electron chi connectivity index (χ2n) is 8.84. The van der Waals surface area contributed by atoms with Crippen LogP contribution >= 0.6 is 23.2 Å². The molecule has 3 N–H and O–H groups in total. The van der Waals surface area contributed by atoms with E-state index in [0.717, 1.165) is 39.8 Å². The molecule has 2 unspecified atom stereocenters. The molecule has 4 aromatic rings. The number of methoxy groups -OCH3 is 1. The third-order valence-electron chi connectivity index (χ3n) is 6.62. The van der Waals surface area contributed by atoms with Gasteiger partial charge in [0, 0.05) is 34.6 Å². The molecular formula is C29H28Cl2N2O4. The van der Waals surface area contributed by atoms with E-state index < -0.39 is 5.97 Å². The van der Waals surface area contributed by atoms with E-state index >= 15 is 0 Å². The predicted octanol–water partition coefficient (Wildman–Crippen LogP) is 7.01. The Morgan fingerprint density at radius 3 is 2.32 bits per heavy atom. The molecule has 0 saturated carbocycles. The number of H-pyrrole nitrogens is 1. The third kappa shape index (κ3) is 5.92. The van der Waals surface area contributed by atoms with Crippen molar-refractivity contribution in [3.63, 3.8) is 0 Å². The number of carbonyl (C=O) groups is 2. The number of aromatic amines is 1. The molecule has 0 spiro atoms. The summed E-state index contributed by atoms with van der Waals surface area (Å²) in [6.45, 7) is 2.22. The van der Waals surface area contributed by atoms with Gasteiger partial charge in [-0.15, -0.1) is 0 Å². The van der Waals surface area contributed by atoms with Crippen molar-refractivity contribution in [2.24, 2.45) is 0 Å². The Labute approximate surface area is 225 Å². The number of carboxylic acids is 1. The molecule has 1 amide bonds. The fraction of sp³-hybridized carbons (Fsp3) is 0.241. The number of nitrogens with one attached hydrogen (secondary N) is 2. The first kappa shape index (κ1) is 26.6. The summed E-state index contributed by atoms with van der Waals surface area (Å²) in [5.41, 5.74) is 4.58. The van der Waals surface area contributed by atoms with Crippen LogP contribution in [0.25, 0.3) is 10.9 Å². The zero-order chi connectivity index (χ0) is 26.5. The molecule has 192 valence electrons. The van der Waals surface area contributed by atoms with Gasteiger partial charge >= 0.3 is 5.97 Å². The number of halogens is 2. The van der Waals surface area contributed by atoms with E-state index in [0.29, 0.717) is 15.6 Å². The van der Waals surface area contributed by atoms with Gasteiger partial charge in [0.05, 0.1) is 24.1 Å².